The van der Waals surface area contributed by atoms with Crippen LogP contribution in [0.5, 0.6) is 0 Å². The van der Waals surface area contributed by atoms with Crippen molar-refractivity contribution in [1.82, 2.24) is 14.1 Å². The second-order valence-electron chi connectivity index (χ2n) is 7.10. The maximum atomic E-state index is 13.3. The molecule has 9 heteroatoms. The zero-order valence-corrected chi connectivity index (χ0v) is 15.4. The first kappa shape index (κ1) is 18.6. The largest absolute Gasteiger partial charge is 0.416 e. The molecule has 4 aromatic rings. The molecule has 2 aromatic carbocycles. The minimum atomic E-state index is -4.62. The van der Waals surface area contributed by atoms with Gasteiger partial charge in [-0.05, 0) is 18.2 Å². The lowest BCUT2D eigenvalue weighted by Gasteiger charge is -2.16. The Morgan fingerprint density at radius 1 is 1.07 bits per heavy atom. The van der Waals surface area contributed by atoms with Gasteiger partial charge < -0.3 is 4.74 Å². The van der Waals surface area contributed by atoms with Gasteiger partial charge in [-0.15, -0.1) is 0 Å². The number of aromatic nitrogens is 3. The van der Waals surface area contributed by atoms with Gasteiger partial charge in [0.1, 0.15) is 0 Å². The highest BCUT2D eigenvalue weighted by molar-refractivity contribution is 5.89. The van der Waals surface area contributed by atoms with Crippen molar-refractivity contribution in [2.75, 3.05) is 6.61 Å². The number of alkyl halides is 3. The number of pyridine rings is 1. The Morgan fingerprint density at radius 2 is 1.83 bits per heavy atom. The van der Waals surface area contributed by atoms with E-state index in [2.05, 4.69) is 4.98 Å². The highest BCUT2D eigenvalue weighted by Gasteiger charge is 2.32. The molecule has 0 bridgehead atoms. The highest BCUT2D eigenvalue weighted by Crippen LogP contribution is 2.31. The van der Waals surface area contributed by atoms with Crippen molar-refractivity contribution in [2.24, 2.45) is 0 Å². The van der Waals surface area contributed by atoms with Gasteiger partial charge in [-0.25, -0.2) is 9.36 Å². The zero-order valence-electron chi connectivity index (χ0n) is 15.4. The van der Waals surface area contributed by atoms with Crippen LogP contribution in [0.4, 0.5) is 13.2 Å². The Labute approximate surface area is 166 Å². The van der Waals surface area contributed by atoms with Gasteiger partial charge in [0.15, 0.2) is 0 Å². The minimum absolute atomic E-state index is 0.137. The van der Waals surface area contributed by atoms with E-state index in [1.54, 1.807) is 30.5 Å². The number of hydrogen-bond donors (Lipinski definition) is 0. The quantitative estimate of drug-likeness (QED) is 0.484. The van der Waals surface area contributed by atoms with E-state index in [1.807, 2.05) is 0 Å². The van der Waals surface area contributed by atoms with Gasteiger partial charge in [-0.1, -0.05) is 24.3 Å². The number of rotatable bonds is 3. The minimum Gasteiger partial charge on any atom is -0.371 e. The molecule has 1 aliphatic heterocycles. The summed E-state index contributed by atoms with van der Waals surface area (Å²) in [5, 5.41) is 1.09. The van der Waals surface area contributed by atoms with Crippen molar-refractivity contribution in [3.8, 4) is 5.69 Å². The molecule has 1 atom stereocenters. The predicted octanol–water partition coefficient (Wildman–Crippen LogP) is 3.12. The standard InChI is InChI=1S/C21H14F3N3O3/c22-21(23,24)13-5-6-17-16(7-13)19(28)27(20(29)26(17)10-14-11-30-14)18-9-25-8-12-3-1-2-4-15(12)18/h1-9,14H,10-11H2. The Morgan fingerprint density at radius 3 is 2.57 bits per heavy atom. The summed E-state index contributed by atoms with van der Waals surface area (Å²) in [6.45, 7) is 0.586. The summed E-state index contributed by atoms with van der Waals surface area (Å²) < 4.78 is 47.2. The number of fused-ring (bicyclic) bond motifs is 2. The van der Waals surface area contributed by atoms with Gasteiger partial charge in [0.2, 0.25) is 0 Å². The number of ether oxygens (including phenoxy) is 1. The van der Waals surface area contributed by atoms with Crippen LogP contribution in [0.2, 0.25) is 0 Å². The molecular weight excluding hydrogens is 399 g/mol. The van der Waals surface area contributed by atoms with Crippen LogP contribution in [0, 0.1) is 0 Å². The Bertz CT molecular complexity index is 1410. The first-order valence-corrected chi connectivity index (χ1v) is 9.16. The highest BCUT2D eigenvalue weighted by atomic mass is 19.4. The number of nitrogens with zero attached hydrogens (tertiary/aromatic N) is 3. The second-order valence-corrected chi connectivity index (χ2v) is 7.10. The number of benzene rings is 2. The third-order valence-corrected chi connectivity index (χ3v) is 5.15. The lowest BCUT2D eigenvalue weighted by molar-refractivity contribution is -0.137. The molecule has 1 fully saturated rings. The van der Waals surface area contributed by atoms with Crippen LogP contribution in [-0.2, 0) is 17.5 Å². The topological polar surface area (TPSA) is 69.4 Å². The van der Waals surface area contributed by atoms with Crippen LogP contribution < -0.4 is 11.2 Å². The van der Waals surface area contributed by atoms with E-state index in [9.17, 15) is 22.8 Å². The van der Waals surface area contributed by atoms with Crippen LogP contribution in [0.3, 0.4) is 0 Å². The summed E-state index contributed by atoms with van der Waals surface area (Å²) in [6.07, 6.45) is -1.89. The number of epoxide rings is 1. The molecule has 0 N–H and O–H groups in total. The fourth-order valence-electron chi connectivity index (χ4n) is 3.59. The smallest absolute Gasteiger partial charge is 0.371 e. The van der Waals surface area contributed by atoms with Crippen molar-refractivity contribution < 1.29 is 17.9 Å². The lowest BCUT2D eigenvalue weighted by atomic mass is 10.1. The van der Waals surface area contributed by atoms with E-state index in [0.29, 0.717) is 17.4 Å². The van der Waals surface area contributed by atoms with E-state index in [-0.39, 0.29) is 29.2 Å². The molecule has 5 rings (SSSR count). The Balaban J connectivity index is 1.89. The van der Waals surface area contributed by atoms with Gasteiger partial charge in [-0.3, -0.25) is 14.3 Å². The van der Waals surface area contributed by atoms with E-state index in [0.717, 1.165) is 22.8 Å². The number of hydrogen-bond acceptors (Lipinski definition) is 4. The molecule has 3 heterocycles. The predicted molar refractivity (Wildman–Crippen MR) is 104 cm³/mol. The fourth-order valence-corrected chi connectivity index (χ4v) is 3.59. The molecule has 0 aliphatic carbocycles. The third-order valence-electron chi connectivity index (χ3n) is 5.15. The van der Waals surface area contributed by atoms with E-state index >= 15 is 0 Å². The monoisotopic (exact) mass is 413 g/mol. The SMILES string of the molecule is O=c1c2cc(C(F)(F)F)ccc2n(CC2CO2)c(=O)n1-c1cncc2ccccc12. The summed E-state index contributed by atoms with van der Waals surface area (Å²) in [6, 6.07) is 9.85. The molecule has 0 amide bonds. The summed E-state index contributed by atoms with van der Waals surface area (Å²) in [5.41, 5.74) is -2.08. The molecule has 30 heavy (non-hydrogen) atoms. The van der Waals surface area contributed by atoms with Crippen molar-refractivity contribution in [1.29, 1.82) is 0 Å². The van der Waals surface area contributed by atoms with Gasteiger partial charge >= 0.3 is 11.9 Å². The van der Waals surface area contributed by atoms with Crippen molar-refractivity contribution in [3.05, 3.63) is 81.3 Å². The number of halogens is 3. The summed E-state index contributed by atoms with van der Waals surface area (Å²) in [5.74, 6) is 0. The molecule has 0 spiro atoms. The molecular formula is C21H14F3N3O3. The molecule has 1 unspecified atom stereocenters. The fraction of sp³-hybridized carbons (Fsp3) is 0.190. The zero-order chi connectivity index (χ0) is 21.0. The van der Waals surface area contributed by atoms with Crippen LogP contribution >= 0.6 is 0 Å². The van der Waals surface area contributed by atoms with E-state index in [1.165, 1.54) is 10.8 Å². The molecule has 0 radical (unpaired) electrons. The molecule has 6 nitrogen and oxygen atoms in total. The molecule has 2 aromatic heterocycles. The molecule has 152 valence electrons. The average molecular weight is 413 g/mol. The Hall–Kier alpha value is -3.46. The van der Waals surface area contributed by atoms with Crippen LogP contribution in [0.1, 0.15) is 5.56 Å². The van der Waals surface area contributed by atoms with Gasteiger partial charge in [-0.2, -0.15) is 13.2 Å². The van der Waals surface area contributed by atoms with Crippen LogP contribution in [0.15, 0.2) is 64.4 Å². The summed E-state index contributed by atoms with van der Waals surface area (Å²) >= 11 is 0. The van der Waals surface area contributed by atoms with Crippen molar-refractivity contribution >= 4 is 21.7 Å². The van der Waals surface area contributed by atoms with Crippen molar-refractivity contribution in [2.45, 2.75) is 18.8 Å². The Kier molecular flexibility index (Phi) is 4.04. The van der Waals surface area contributed by atoms with Gasteiger partial charge in [0.05, 0.1) is 47.6 Å². The van der Waals surface area contributed by atoms with E-state index in [4.69, 9.17) is 4.74 Å². The first-order valence-electron chi connectivity index (χ1n) is 9.16. The second kappa shape index (κ2) is 6.53. The van der Waals surface area contributed by atoms with Gasteiger partial charge in [0, 0.05) is 17.0 Å². The molecule has 0 saturated carbocycles. The molecule has 1 aliphatic rings. The third kappa shape index (κ3) is 2.98. The van der Waals surface area contributed by atoms with Gasteiger partial charge in [0.25, 0.3) is 5.56 Å². The maximum absolute atomic E-state index is 13.3. The summed E-state index contributed by atoms with van der Waals surface area (Å²) in [7, 11) is 0. The van der Waals surface area contributed by atoms with Crippen LogP contribution in [-0.4, -0.2) is 26.8 Å². The van der Waals surface area contributed by atoms with Crippen molar-refractivity contribution in [3.63, 3.8) is 0 Å². The molecule has 1 saturated heterocycles. The average Bonchev–Trinajstić information content (AvgIpc) is 3.54. The first-order chi connectivity index (χ1) is 14.3. The maximum Gasteiger partial charge on any atom is 0.416 e. The normalized spacial score (nSPS) is 16.3. The lowest BCUT2D eigenvalue weighted by Crippen LogP contribution is -2.40. The van der Waals surface area contributed by atoms with E-state index < -0.39 is 23.0 Å². The van der Waals surface area contributed by atoms with Crippen LogP contribution in [0.25, 0.3) is 27.4 Å². The summed E-state index contributed by atoms with van der Waals surface area (Å²) in [4.78, 5) is 30.7.